The molecule has 1 amide bonds. The molecule has 7 heteroatoms. The summed E-state index contributed by atoms with van der Waals surface area (Å²) in [7, 11) is 1.51. The van der Waals surface area contributed by atoms with Gasteiger partial charge in [0.15, 0.2) is 11.9 Å². The monoisotopic (exact) mass is 337 g/mol. The number of H-pyrrole nitrogens is 1. The van der Waals surface area contributed by atoms with Gasteiger partial charge in [0.05, 0.1) is 6.04 Å². The maximum Gasteiger partial charge on any atom is 0.254 e. The normalized spacial score (nSPS) is 13.2. The van der Waals surface area contributed by atoms with Gasteiger partial charge in [-0.25, -0.2) is 4.98 Å². The minimum absolute atomic E-state index is 0.236. The lowest BCUT2D eigenvalue weighted by Gasteiger charge is -2.18. The van der Waals surface area contributed by atoms with Crippen LogP contribution in [0.15, 0.2) is 54.9 Å². The van der Waals surface area contributed by atoms with Crippen LogP contribution < -0.4 is 5.32 Å². The van der Waals surface area contributed by atoms with Crippen molar-refractivity contribution in [1.29, 1.82) is 0 Å². The minimum atomic E-state index is -0.677. The van der Waals surface area contributed by atoms with Crippen molar-refractivity contribution in [2.45, 2.75) is 19.1 Å². The van der Waals surface area contributed by atoms with E-state index < -0.39 is 6.10 Å². The predicted octanol–water partition coefficient (Wildman–Crippen LogP) is 2.43. The van der Waals surface area contributed by atoms with Gasteiger partial charge in [-0.1, -0.05) is 30.3 Å². The highest BCUT2D eigenvalue weighted by Gasteiger charge is 2.23. The fourth-order valence-electron chi connectivity index (χ4n) is 2.47. The van der Waals surface area contributed by atoms with Crippen LogP contribution in [0.5, 0.6) is 0 Å². The van der Waals surface area contributed by atoms with Gasteiger partial charge in [0.1, 0.15) is 5.82 Å². The molecule has 7 nitrogen and oxygen atoms in total. The Hall–Kier alpha value is -3.06. The molecule has 1 aromatic carbocycles. The van der Waals surface area contributed by atoms with Gasteiger partial charge in [0, 0.05) is 25.1 Å². The summed E-state index contributed by atoms with van der Waals surface area (Å²) in [4.78, 5) is 21.0. The number of carbonyl (C=O) groups is 1. The number of hydrogen-bond donors (Lipinski definition) is 2. The van der Waals surface area contributed by atoms with Gasteiger partial charge < -0.3 is 10.1 Å². The molecule has 3 aromatic rings. The molecule has 0 saturated heterocycles. The molecule has 0 fully saturated rings. The summed E-state index contributed by atoms with van der Waals surface area (Å²) >= 11 is 0. The van der Waals surface area contributed by atoms with Crippen LogP contribution in [0.4, 0.5) is 0 Å². The van der Waals surface area contributed by atoms with Crippen molar-refractivity contribution < 1.29 is 9.53 Å². The number of carbonyl (C=O) groups excluding carboxylic acids is 1. The Labute approximate surface area is 145 Å². The highest BCUT2D eigenvalue weighted by Crippen LogP contribution is 2.19. The Morgan fingerprint density at radius 1 is 1.20 bits per heavy atom. The number of nitrogens with zero attached hydrogens (tertiary/aromatic N) is 3. The second kappa shape index (κ2) is 7.67. The van der Waals surface area contributed by atoms with Gasteiger partial charge in [-0.3, -0.25) is 14.9 Å². The lowest BCUT2D eigenvalue weighted by atomic mass is 10.1. The number of benzene rings is 1. The van der Waals surface area contributed by atoms with Gasteiger partial charge in [0.25, 0.3) is 5.91 Å². The number of ether oxygens (including phenoxy) is 1. The number of rotatable bonds is 6. The number of aromatic nitrogens is 4. The average molecular weight is 337 g/mol. The summed E-state index contributed by atoms with van der Waals surface area (Å²) in [5.74, 6) is 0.867. The zero-order chi connectivity index (χ0) is 17.6. The quantitative estimate of drug-likeness (QED) is 0.720. The molecular formula is C18H19N5O2. The zero-order valence-electron chi connectivity index (χ0n) is 14.0. The molecule has 128 valence electrons. The first-order chi connectivity index (χ1) is 12.2. The Bertz CT molecular complexity index is 820. The highest BCUT2D eigenvalue weighted by molar-refractivity contribution is 5.82. The number of pyridine rings is 1. The van der Waals surface area contributed by atoms with Crippen molar-refractivity contribution in [2.75, 3.05) is 7.11 Å². The summed E-state index contributed by atoms with van der Waals surface area (Å²) in [6.07, 6.45) is 2.70. The lowest BCUT2D eigenvalue weighted by molar-refractivity contribution is -0.132. The first-order valence-corrected chi connectivity index (χ1v) is 7.90. The van der Waals surface area contributed by atoms with E-state index in [4.69, 9.17) is 4.74 Å². The van der Waals surface area contributed by atoms with E-state index in [1.54, 1.807) is 12.4 Å². The Kier molecular flexibility index (Phi) is 5.15. The largest absolute Gasteiger partial charge is 0.367 e. The third-order valence-corrected chi connectivity index (χ3v) is 3.77. The molecule has 25 heavy (non-hydrogen) atoms. The Morgan fingerprint density at radius 2 is 2.00 bits per heavy atom. The van der Waals surface area contributed by atoms with Crippen molar-refractivity contribution in [3.8, 4) is 11.4 Å². The predicted molar refractivity (Wildman–Crippen MR) is 92.4 cm³/mol. The molecule has 2 aromatic heterocycles. The van der Waals surface area contributed by atoms with E-state index in [-0.39, 0.29) is 11.9 Å². The molecule has 2 N–H and O–H groups in total. The molecule has 0 radical (unpaired) electrons. The smallest absolute Gasteiger partial charge is 0.254 e. The fourth-order valence-corrected chi connectivity index (χ4v) is 2.47. The van der Waals surface area contributed by atoms with E-state index in [0.29, 0.717) is 11.6 Å². The van der Waals surface area contributed by atoms with Crippen molar-refractivity contribution >= 4 is 5.91 Å². The van der Waals surface area contributed by atoms with E-state index >= 15 is 0 Å². The second-order valence-electron chi connectivity index (χ2n) is 5.54. The van der Waals surface area contributed by atoms with Crippen molar-refractivity contribution in [3.63, 3.8) is 0 Å². The van der Waals surface area contributed by atoms with E-state index in [2.05, 4.69) is 25.5 Å². The lowest BCUT2D eigenvalue weighted by Crippen LogP contribution is -2.33. The van der Waals surface area contributed by atoms with Crippen LogP contribution in [0.2, 0.25) is 0 Å². The molecule has 0 unspecified atom stereocenters. The van der Waals surface area contributed by atoms with Crippen molar-refractivity contribution in [2.24, 2.45) is 0 Å². The van der Waals surface area contributed by atoms with Gasteiger partial charge >= 0.3 is 0 Å². The van der Waals surface area contributed by atoms with E-state index in [0.717, 1.165) is 11.1 Å². The summed E-state index contributed by atoms with van der Waals surface area (Å²) in [6.45, 7) is 1.84. The summed E-state index contributed by atoms with van der Waals surface area (Å²) in [6, 6.07) is 12.7. The van der Waals surface area contributed by atoms with Crippen molar-refractivity contribution in [3.05, 3.63) is 66.2 Å². The fraction of sp³-hybridized carbons (Fsp3) is 0.222. The van der Waals surface area contributed by atoms with Crippen molar-refractivity contribution in [1.82, 2.24) is 25.5 Å². The van der Waals surface area contributed by atoms with Gasteiger partial charge in [-0.15, -0.1) is 0 Å². The van der Waals surface area contributed by atoms with Gasteiger partial charge in [0.2, 0.25) is 0 Å². The molecule has 3 rings (SSSR count). The van der Waals surface area contributed by atoms with Gasteiger partial charge in [-0.2, -0.15) is 5.10 Å². The molecule has 2 atom stereocenters. The number of methoxy groups -OCH3 is 1. The van der Waals surface area contributed by atoms with Crippen LogP contribution in [0.3, 0.4) is 0 Å². The van der Waals surface area contributed by atoms with Crippen LogP contribution in [0, 0.1) is 0 Å². The Morgan fingerprint density at radius 3 is 2.68 bits per heavy atom. The topological polar surface area (TPSA) is 92.8 Å². The number of nitrogens with one attached hydrogen (secondary N) is 2. The van der Waals surface area contributed by atoms with E-state index in [1.807, 2.05) is 49.4 Å². The molecule has 0 saturated carbocycles. The first kappa shape index (κ1) is 16.8. The molecule has 0 aliphatic carbocycles. The summed E-state index contributed by atoms with van der Waals surface area (Å²) in [5.41, 5.74) is 1.60. The van der Waals surface area contributed by atoms with Crippen LogP contribution >= 0.6 is 0 Å². The SMILES string of the molecule is CO[C@H](C(=O)N[C@@H](C)c1nc(-c2cccnc2)n[nH]1)c1ccccc1. The maximum absolute atomic E-state index is 12.5. The highest BCUT2D eigenvalue weighted by atomic mass is 16.5. The second-order valence-corrected chi connectivity index (χ2v) is 5.54. The molecule has 0 bridgehead atoms. The zero-order valence-corrected chi connectivity index (χ0v) is 14.0. The summed E-state index contributed by atoms with van der Waals surface area (Å²) in [5, 5.41) is 9.94. The van der Waals surface area contributed by atoms with E-state index in [1.165, 1.54) is 7.11 Å². The third kappa shape index (κ3) is 3.89. The average Bonchev–Trinajstić information content (AvgIpc) is 3.14. The van der Waals surface area contributed by atoms with Crippen LogP contribution in [-0.4, -0.2) is 33.2 Å². The first-order valence-electron chi connectivity index (χ1n) is 7.90. The van der Waals surface area contributed by atoms with Crippen LogP contribution in [-0.2, 0) is 9.53 Å². The van der Waals surface area contributed by atoms with Gasteiger partial charge in [-0.05, 0) is 24.6 Å². The number of hydrogen-bond acceptors (Lipinski definition) is 5. The molecule has 2 heterocycles. The molecular weight excluding hydrogens is 318 g/mol. The summed E-state index contributed by atoms with van der Waals surface area (Å²) < 4.78 is 5.34. The minimum Gasteiger partial charge on any atom is -0.367 e. The Balaban J connectivity index is 1.70. The third-order valence-electron chi connectivity index (χ3n) is 3.77. The molecule has 0 aliphatic heterocycles. The van der Waals surface area contributed by atoms with Crippen LogP contribution in [0.1, 0.15) is 30.5 Å². The number of aromatic amines is 1. The molecule has 0 spiro atoms. The maximum atomic E-state index is 12.5. The standard InChI is InChI=1S/C18H19N5O2/c1-12(16-21-17(23-22-16)14-9-6-10-19-11-14)20-18(24)15(25-2)13-7-4-3-5-8-13/h3-12,15H,1-2H3,(H,20,24)(H,21,22,23)/t12-,15-/m0/s1. The molecule has 0 aliphatic rings. The number of amides is 1. The van der Waals surface area contributed by atoms with E-state index in [9.17, 15) is 4.79 Å². The van der Waals surface area contributed by atoms with Crippen LogP contribution in [0.25, 0.3) is 11.4 Å².